The molecule has 1 aromatic heterocycles. The quantitative estimate of drug-likeness (QED) is 0.0718. The summed E-state index contributed by atoms with van der Waals surface area (Å²) in [5.74, 6) is -3.12. The zero-order valence-corrected chi connectivity index (χ0v) is 35.9. The highest BCUT2D eigenvalue weighted by Gasteiger charge is 2.37. The van der Waals surface area contributed by atoms with Crippen molar-refractivity contribution < 1.29 is 51.7 Å². The van der Waals surface area contributed by atoms with Gasteiger partial charge in [0, 0.05) is 74.2 Å². The second-order valence-corrected chi connectivity index (χ2v) is 15.6. The molecule has 0 saturated heterocycles. The van der Waals surface area contributed by atoms with Gasteiger partial charge in [-0.25, -0.2) is 8.78 Å². The summed E-state index contributed by atoms with van der Waals surface area (Å²) >= 11 is 0. The van der Waals surface area contributed by atoms with E-state index in [9.17, 15) is 28.4 Å². The van der Waals surface area contributed by atoms with Crippen LogP contribution >= 0.6 is 0 Å². The van der Waals surface area contributed by atoms with Crippen molar-refractivity contribution >= 4 is 29.5 Å². The largest absolute Gasteiger partial charge is 0.377 e. The Labute approximate surface area is 361 Å². The van der Waals surface area contributed by atoms with Crippen LogP contribution in [0.3, 0.4) is 0 Å². The number of imide groups is 1. The smallest absolute Gasteiger partial charge is 0.254 e. The number of benzene rings is 2. The van der Waals surface area contributed by atoms with Crippen LogP contribution in [0, 0.1) is 17.0 Å². The van der Waals surface area contributed by atoms with Gasteiger partial charge in [0.1, 0.15) is 18.2 Å². The van der Waals surface area contributed by atoms with Crippen molar-refractivity contribution in [1.29, 1.82) is 0 Å². The van der Waals surface area contributed by atoms with E-state index in [4.69, 9.17) is 24.7 Å². The van der Waals surface area contributed by atoms with Crippen LogP contribution in [-0.2, 0) is 49.5 Å². The molecule has 338 valence electrons. The number of aromatic nitrogens is 1. The van der Waals surface area contributed by atoms with E-state index in [1.54, 1.807) is 11.1 Å². The van der Waals surface area contributed by atoms with Gasteiger partial charge >= 0.3 is 0 Å². The molecular formula is C45H60F2N6O9. The molecule has 0 radical (unpaired) electrons. The zero-order valence-electron chi connectivity index (χ0n) is 35.9. The molecule has 0 bridgehead atoms. The molecule has 0 aliphatic carbocycles. The van der Waals surface area contributed by atoms with E-state index in [0.717, 1.165) is 40.4 Å². The van der Waals surface area contributed by atoms with E-state index >= 15 is 4.39 Å². The number of hydrogen-bond acceptors (Lipinski definition) is 10. The third-order valence-electron chi connectivity index (χ3n) is 9.72. The summed E-state index contributed by atoms with van der Waals surface area (Å²) in [6, 6.07) is 14.4. The molecule has 4 N–H and O–H groups in total. The summed E-state index contributed by atoms with van der Waals surface area (Å²) in [6.45, 7) is 9.79. The fraction of sp³-hybridized carbons (Fsp3) is 0.489. The van der Waals surface area contributed by atoms with Crippen LogP contribution in [0.1, 0.15) is 57.3 Å². The molecule has 62 heavy (non-hydrogen) atoms. The Morgan fingerprint density at radius 2 is 1.35 bits per heavy atom. The molecule has 0 fully saturated rings. The van der Waals surface area contributed by atoms with E-state index in [1.807, 2.05) is 61.7 Å². The predicted molar refractivity (Wildman–Crippen MR) is 227 cm³/mol. The molecule has 2 heterocycles. The van der Waals surface area contributed by atoms with Crippen LogP contribution in [0.2, 0.25) is 0 Å². The maximum atomic E-state index is 15.1. The van der Waals surface area contributed by atoms with Crippen molar-refractivity contribution in [2.45, 2.75) is 52.6 Å². The highest BCUT2D eigenvalue weighted by atomic mass is 19.1. The lowest BCUT2D eigenvalue weighted by molar-refractivity contribution is -0.141. The van der Waals surface area contributed by atoms with Crippen LogP contribution in [0.25, 0.3) is 11.1 Å². The lowest BCUT2D eigenvalue weighted by atomic mass is 9.82. The van der Waals surface area contributed by atoms with E-state index in [-0.39, 0.29) is 63.1 Å². The van der Waals surface area contributed by atoms with E-state index in [1.165, 1.54) is 6.07 Å². The minimum Gasteiger partial charge on any atom is -0.377 e. The Bertz CT molecular complexity index is 1930. The summed E-state index contributed by atoms with van der Waals surface area (Å²) in [5, 5.41) is 5.38. The Morgan fingerprint density at radius 1 is 0.774 bits per heavy atom. The molecule has 0 saturated carbocycles. The number of nitrogens with one attached hydrogen (secondary N) is 2. The monoisotopic (exact) mass is 866 g/mol. The first-order valence-corrected chi connectivity index (χ1v) is 20.8. The molecule has 1 aliphatic heterocycles. The van der Waals surface area contributed by atoms with Crippen LogP contribution < -0.4 is 16.4 Å². The van der Waals surface area contributed by atoms with Gasteiger partial charge in [-0.15, -0.1) is 0 Å². The number of ether oxygens (including phenoxy) is 4. The summed E-state index contributed by atoms with van der Waals surface area (Å²) in [7, 11) is 0. The number of rotatable bonds is 28. The molecule has 4 rings (SSSR count). The summed E-state index contributed by atoms with van der Waals surface area (Å²) in [6.07, 6.45) is 4.49. The van der Waals surface area contributed by atoms with Gasteiger partial charge in [0.2, 0.25) is 17.7 Å². The van der Waals surface area contributed by atoms with E-state index in [0.29, 0.717) is 71.3 Å². The van der Waals surface area contributed by atoms with Gasteiger partial charge in [0.15, 0.2) is 0 Å². The predicted octanol–water partition coefficient (Wildman–Crippen LogP) is 3.75. The number of nitrogens with zero attached hydrogens (tertiary/aromatic N) is 3. The normalized spacial score (nSPS) is 13.2. The number of nitrogens with two attached hydrogens (primary N) is 1. The average molecular weight is 867 g/mol. The van der Waals surface area contributed by atoms with Crippen LogP contribution in [-0.4, -0.2) is 129 Å². The standard InChI is InChI=1S/C45H60F2N6O9/c1-45(2,3)44(38-28-34(36-29-35(46)10-11-37(36)47)31-51(38)30-33-8-5-4-6-9-33)52(19-7-16-48)41(56)13-12-39(54)49-17-20-59-22-24-61-26-27-62-25-23-60-21-18-50-40(55)32-53-42(57)14-15-43(53)58/h4-6,8-11,14-15,28-29,31,44H,7,12-13,16-27,30,32,48H2,1-3H3,(H,49,54)(H,50,55)/t44-/m0/s1. The molecule has 2 aromatic carbocycles. The summed E-state index contributed by atoms with van der Waals surface area (Å²) in [4.78, 5) is 64.4. The molecule has 1 aliphatic rings. The van der Waals surface area contributed by atoms with Crippen molar-refractivity contribution in [3.8, 4) is 11.1 Å². The van der Waals surface area contributed by atoms with Crippen molar-refractivity contribution in [2.24, 2.45) is 11.1 Å². The molecular weight excluding hydrogens is 807 g/mol. The first-order valence-electron chi connectivity index (χ1n) is 20.8. The van der Waals surface area contributed by atoms with Gasteiger partial charge in [-0.3, -0.25) is 28.9 Å². The van der Waals surface area contributed by atoms with Crippen molar-refractivity contribution in [3.63, 3.8) is 0 Å². The minimum absolute atomic E-state index is 0.0341. The molecule has 0 spiro atoms. The van der Waals surface area contributed by atoms with Crippen molar-refractivity contribution in [2.75, 3.05) is 85.6 Å². The molecule has 5 amide bonds. The summed E-state index contributed by atoms with van der Waals surface area (Å²) in [5.41, 5.74) is 7.77. The zero-order chi connectivity index (χ0) is 44.9. The SMILES string of the molecule is CC(C)(C)[C@H](c1cc(-c2cc(F)ccc2F)cn1Cc1ccccc1)N(CCCN)C(=O)CCC(=O)NCCOCCOCCOCCOCCNC(=O)CN1C(=O)C=CC1=O. The highest BCUT2D eigenvalue weighted by Crippen LogP contribution is 2.41. The van der Waals surface area contributed by atoms with E-state index < -0.39 is 40.8 Å². The third kappa shape index (κ3) is 16.2. The number of halogens is 2. The first-order chi connectivity index (χ1) is 29.8. The van der Waals surface area contributed by atoms with Crippen molar-refractivity contribution in [1.82, 2.24) is 25.0 Å². The van der Waals surface area contributed by atoms with Gasteiger partial charge < -0.3 is 44.8 Å². The molecule has 1 atom stereocenters. The Balaban J connectivity index is 1.15. The molecule has 15 nitrogen and oxygen atoms in total. The number of carbonyl (C=O) groups excluding carboxylic acids is 5. The van der Waals surface area contributed by atoms with Crippen LogP contribution in [0.4, 0.5) is 8.78 Å². The minimum atomic E-state index is -0.558. The van der Waals surface area contributed by atoms with Crippen LogP contribution in [0.15, 0.2) is 72.9 Å². The third-order valence-corrected chi connectivity index (χ3v) is 9.72. The first kappa shape index (κ1) is 49.3. The number of carbonyl (C=O) groups is 5. The second-order valence-electron chi connectivity index (χ2n) is 15.6. The fourth-order valence-electron chi connectivity index (χ4n) is 6.80. The Hall–Kier alpha value is -5.33. The second kappa shape index (κ2) is 25.6. The Kier molecular flexibility index (Phi) is 20.3. The number of amides is 5. The highest BCUT2D eigenvalue weighted by molar-refractivity contribution is 6.14. The maximum absolute atomic E-state index is 15.1. The van der Waals surface area contributed by atoms with Crippen molar-refractivity contribution in [3.05, 3.63) is 95.8 Å². The van der Waals surface area contributed by atoms with Gasteiger partial charge in [-0.2, -0.15) is 0 Å². The lowest BCUT2D eigenvalue weighted by Gasteiger charge is -2.41. The Morgan fingerprint density at radius 3 is 1.94 bits per heavy atom. The average Bonchev–Trinajstić information content (AvgIpc) is 3.79. The number of hydrogen-bond donors (Lipinski definition) is 3. The van der Waals surface area contributed by atoms with Gasteiger partial charge in [-0.05, 0) is 48.2 Å². The topological polar surface area (TPSA) is 184 Å². The molecule has 3 aromatic rings. The maximum Gasteiger partial charge on any atom is 0.254 e. The molecule has 0 unspecified atom stereocenters. The van der Waals surface area contributed by atoms with E-state index in [2.05, 4.69) is 10.6 Å². The summed E-state index contributed by atoms with van der Waals surface area (Å²) < 4.78 is 53.3. The fourth-order valence-corrected chi connectivity index (χ4v) is 6.80. The lowest BCUT2D eigenvalue weighted by Crippen LogP contribution is -2.43. The molecule has 17 heteroatoms. The van der Waals surface area contributed by atoms with Gasteiger partial charge in [0.25, 0.3) is 11.8 Å². The van der Waals surface area contributed by atoms with Gasteiger partial charge in [0.05, 0.1) is 58.9 Å². The van der Waals surface area contributed by atoms with Gasteiger partial charge in [-0.1, -0.05) is 51.1 Å². The van der Waals surface area contributed by atoms with Crippen LogP contribution in [0.5, 0.6) is 0 Å².